The van der Waals surface area contributed by atoms with Gasteiger partial charge in [-0.2, -0.15) is 0 Å². The minimum atomic E-state index is 0.405. The molecule has 0 amide bonds. The van der Waals surface area contributed by atoms with Crippen LogP contribution in [-0.2, 0) is 0 Å². The highest BCUT2D eigenvalue weighted by Gasteiger charge is 2.23. The van der Waals surface area contributed by atoms with Crippen LogP contribution in [0.25, 0.3) is 11.1 Å². The molecule has 1 aliphatic rings. The second-order valence-corrected chi connectivity index (χ2v) is 5.36. The first-order valence-electron chi connectivity index (χ1n) is 7.10. The van der Waals surface area contributed by atoms with Gasteiger partial charge >= 0.3 is 0 Å². The van der Waals surface area contributed by atoms with E-state index in [9.17, 15) is 0 Å². The number of aromatic nitrogens is 1. The Morgan fingerprint density at radius 2 is 2.10 bits per heavy atom. The van der Waals surface area contributed by atoms with Crippen molar-refractivity contribution < 1.29 is 4.74 Å². The molecule has 2 heterocycles. The quantitative estimate of drug-likeness (QED) is 0.910. The summed E-state index contributed by atoms with van der Waals surface area (Å²) in [4.78, 5) is 4.35. The minimum Gasteiger partial charge on any atom is -0.493 e. The summed E-state index contributed by atoms with van der Waals surface area (Å²) in [6.07, 6.45) is 2.86. The molecule has 2 aromatic rings. The van der Waals surface area contributed by atoms with Crippen molar-refractivity contribution in [1.29, 1.82) is 0 Å². The fraction of sp³-hybridized carbons (Fsp3) is 0.353. The Labute approximate surface area is 119 Å². The number of nitrogens with two attached hydrogens (primary N) is 1. The second-order valence-electron chi connectivity index (χ2n) is 5.36. The number of aryl methyl sites for hydroxylation is 1. The molecule has 20 heavy (non-hydrogen) atoms. The molecule has 0 fully saturated rings. The van der Waals surface area contributed by atoms with Crippen molar-refractivity contribution in [2.45, 2.75) is 26.2 Å². The number of benzene rings is 1. The first-order chi connectivity index (χ1) is 9.72. The van der Waals surface area contributed by atoms with E-state index in [1.165, 1.54) is 16.7 Å². The van der Waals surface area contributed by atoms with Gasteiger partial charge in [-0.15, -0.1) is 0 Å². The standard InChI is InChI=1S/C17H20N2O/c1-11-12(2)19-8-6-14(11)16-5-3-4-15-13(10-18)7-9-20-17(15)16/h3-6,8,13H,7,9-10,18H2,1-2H3. The Hall–Kier alpha value is -1.87. The molecule has 104 valence electrons. The summed E-state index contributed by atoms with van der Waals surface area (Å²) in [5.41, 5.74) is 11.8. The Balaban J connectivity index is 2.18. The third-order valence-corrected chi connectivity index (χ3v) is 4.23. The highest BCUT2D eigenvalue weighted by molar-refractivity contribution is 5.75. The normalized spacial score (nSPS) is 17.4. The molecule has 1 aromatic carbocycles. The molecule has 0 bridgehead atoms. The molecule has 1 unspecified atom stereocenters. The van der Waals surface area contributed by atoms with Crippen LogP contribution in [0, 0.1) is 13.8 Å². The zero-order chi connectivity index (χ0) is 14.1. The highest BCUT2D eigenvalue weighted by Crippen LogP contribution is 2.41. The van der Waals surface area contributed by atoms with Crippen LogP contribution in [0.2, 0.25) is 0 Å². The van der Waals surface area contributed by atoms with Crippen LogP contribution in [0.1, 0.15) is 29.2 Å². The van der Waals surface area contributed by atoms with Crippen molar-refractivity contribution >= 4 is 0 Å². The largest absolute Gasteiger partial charge is 0.493 e. The summed E-state index contributed by atoms with van der Waals surface area (Å²) in [5, 5.41) is 0. The topological polar surface area (TPSA) is 48.1 Å². The van der Waals surface area contributed by atoms with E-state index in [1.807, 2.05) is 13.1 Å². The van der Waals surface area contributed by atoms with E-state index in [0.717, 1.165) is 30.0 Å². The Morgan fingerprint density at radius 1 is 1.25 bits per heavy atom. The van der Waals surface area contributed by atoms with Crippen molar-refractivity contribution in [2.24, 2.45) is 5.73 Å². The fourth-order valence-electron chi connectivity index (χ4n) is 2.89. The van der Waals surface area contributed by atoms with Crippen LogP contribution in [0.4, 0.5) is 0 Å². The van der Waals surface area contributed by atoms with E-state index in [-0.39, 0.29) is 0 Å². The van der Waals surface area contributed by atoms with Crippen molar-refractivity contribution in [3.8, 4) is 16.9 Å². The van der Waals surface area contributed by atoms with Gasteiger partial charge in [0.05, 0.1) is 6.61 Å². The molecular formula is C17H20N2O. The SMILES string of the molecule is Cc1nccc(-c2cccc3c2OCCC3CN)c1C. The lowest BCUT2D eigenvalue weighted by molar-refractivity contribution is 0.270. The van der Waals surface area contributed by atoms with Crippen molar-refractivity contribution in [1.82, 2.24) is 4.98 Å². The molecule has 1 aliphatic heterocycles. The zero-order valence-electron chi connectivity index (χ0n) is 12.0. The van der Waals surface area contributed by atoms with Crippen LogP contribution in [0.5, 0.6) is 5.75 Å². The second kappa shape index (κ2) is 5.25. The number of hydrogen-bond acceptors (Lipinski definition) is 3. The number of pyridine rings is 1. The molecule has 3 nitrogen and oxygen atoms in total. The molecule has 2 N–H and O–H groups in total. The van der Waals surface area contributed by atoms with E-state index in [2.05, 4.69) is 36.2 Å². The van der Waals surface area contributed by atoms with Crippen LogP contribution in [0.15, 0.2) is 30.5 Å². The van der Waals surface area contributed by atoms with Gasteiger partial charge in [0, 0.05) is 23.4 Å². The van der Waals surface area contributed by atoms with E-state index in [0.29, 0.717) is 12.5 Å². The lowest BCUT2D eigenvalue weighted by Crippen LogP contribution is -2.21. The lowest BCUT2D eigenvalue weighted by atomic mass is 9.89. The molecule has 0 radical (unpaired) electrons. The van der Waals surface area contributed by atoms with E-state index in [4.69, 9.17) is 10.5 Å². The Morgan fingerprint density at radius 3 is 2.90 bits per heavy atom. The minimum absolute atomic E-state index is 0.405. The molecule has 1 aromatic heterocycles. The van der Waals surface area contributed by atoms with Gasteiger partial charge in [0.25, 0.3) is 0 Å². The molecule has 3 rings (SSSR count). The predicted octanol–water partition coefficient (Wildman–Crippen LogP) is 3.19. The maximum Gasteiger partial charge on any atom is 0.130 e. The van der Waals surface area contributed by atoms with Gasteiger partial charge < -0.3 is 10.5 Å². The highest BCUT2D eigenvalue weighted by atomic mass is 16.5. The smallest absolute Gasteiger partial charge is 0.130 e. The molecule has 0 saturated carbocycles. The molecule has 0 aliphatic carbocycles. The van der Waals surface area contributed by atoms with Gasteiger partial charge in [0.1, 0.15) is 5.75 Å². The molecule has 0 spiro atoms. The van der Waals surface area contributed by atoms with Crippen LogP contribution in [-0.4, -0.2) is 18.1 Å². The van der Waals surface area contributed by atoms with Crippen molar-refractivity contribution in [3.63, 3.8) is 0 Å². The summed E-state index contributed by atoms with van der Waals surface area (Å²) in [7, 11) is 0. The van der Waals surface area contributed by atoms with Gasteiger partial charge in [-0.1, -0.05) is 18.2 Å². The summed E-state index contributed by atoms with van der Waals surface area (Å²) in [6, 6.07) is 8.42. The first kappa shape index (κ1) is 13.1. The lowest BCUT2D eigenvalue weighted by Gasteiger charge is -2.27. The molecular weight excluding hydrogens is 248 g/mol. The summed E-state index contributed by atoms with van der Waals surface area (Å²) in [5.74, 6) is 1.41. The van der Waals surface area contributed by atoms with E-state index >= 15 is 0 Å². The third kappa shape index (κ3) is 2.08. The van der Waals surface area contributed by atoms with Gasteiger partial charge in [-0.25, -0.2) is 0 Å². The van der Waals surface area contributed by atoms with Crippen LogP contribution < -0.4 is 10.5 Å². The van der Waals surface area contributed by atoms with Crippen LogP contribution in [0.3, 0.4) is 0 Å². The maximum atomic E-state index is 5.96. The number of para-hydroxylation sites is 1. The molecule has 0 saturated heterocycles. The van der Waals surface area contributed by atoms with Crippen molar-refractivity contribution in [3.05, 3.63) is 47.3 Å². The monoisotopic (exact) mass is 268 g/mol. The van der Waals surface area contributed by atoms with Crippen LogP contribution >= 0.6 is 0 Å². The summed E-state index contributed by atoms with van der Waals surface area (Å²) in [6.45, 7) is 5.57. The Kier molecular flexibility index (Phi) is 3.45. The number of ether oxygens (including phenoxy) is 1. The zero-order valence-corrected chi connectivity index (χ0v) is 12.0. The maximum absolute atomic E-state index is 5.96. The number of nitrogens with zero attached hydrogens (tertiary/aromatic N) is 1. The summed E-state index contributed by atoms with van der Waals surface area (Å²) < 4.78 is 5.96. The average Bonchev–Trinajstić information content (AvgIpc) is 2.49. The van der Waals surface area contributed by atoms with Gasteiger partial charge in [-0.05, 0) is 49.6 Å². The van der Waals surface area contributed by atoms with E-state index in [1.54, 1.807) is 0 Å². The average molecular weight is 268 g/mol. The first-order valence-corrected chi connectivity index (χ1v) is 7.10. The third-order valence-electron chi connectivity index (χ3n) is 4.23. The number of fused-ring (bicyclic) bond motifs is 1. The molecule has 3 heteroatoms. The number of rotatable bonds is 2. The van der Waals surface area contributed by atoms with Gasteiger partial charge in [-0.3, -0.25) is 4.98 Å². The van der Waals surface area contributed by atoms with E-state index < -0.39 is 0 Å². The fourth-order valence-corrected chi connectivity index (χ4v) is 2.89. The Bertz CT molecular complexity index is 637. The predicted molar refractivity (Wildman–Crippen MR) is 81.1 cm³/mol. The van der Waals surface area contributed by atoms with Gasteiger partial charge in [0.2, 0.25) is 0 Å². The molecule has 1 atom stereocenters. The summed E-state index contributed by atoms with van der Waals surface area (Å²) >= 11 is 0. The van der Waals surface area contributed by atoms with Crippen molar-refractivity contribution in [2.75, 3.05) is 13.2 Å². The number of hydrogen-bond donors (Lipinski definition) is 1. The van der Waals surface area contributed by atoms with Gasteiger partial charge in [0.15, 0.2) is 0 Å².